The Hall–Kier alpha value is -0.275. The average Bonchev–Trinajstić information content (AvgIpc) is 1.93. The summed E-state index contributed by atoms with van der Waals surface area (Å²) in [7, 11) is 5.52. The molecule has 1 aliphatic rings. The zero-order valence-electron chi connectivity index (χ0n) is 5.47. The molecule has 1 saturated heterocycles. The van der Waals surface area contributed by atoms with E-state index in [1.807, 2.05) is 0 Å². The predicted octanol–water partition coefficient (Wildman–Crippen LogP) is -0.0417. The number of ether oxygens (including phenoxy) is 1. The molecule has 9 heavy (non-hydrogen) atoms. The van der Waals surface area contributed by atoms with Crippen LogP contribution in [0.5, 0.6) is 0 Å². The lowest BCUT2D eigenvalue weighted by atomic mass is 10.2. The summed E-state index contributed by atoms with van der Waals surface area (Å²) in [4.78, 5) is 1.72. The number of hydrogen-bond acceptors (Lipinski definition) is 2. The van der Waals surface area contributed by atoms with E-state index in [4.69, 9.17) is 12.7 Å². The fourth-order valence-corrected chi connectivity index (χ4v) is 0.810. The molecule has 0 aromatic carbocycles. The van der Waals surface area contributed by atoms with Crippen molar-refractivity contribution < 1.29 is 4.74 Å². The summed E-state index contributed by atoms with van der Waals surface area (Å²) in [5.74, 6) is 0. The highest BCUT2D eigenvalue weighted by Crippen LogP contribution is 1.99. The lowest BCUT2D eigenvalue weighted by Crippen LogP contribution is -2.23. The van der Waals surface area contributed by atoms with Crippen molar-refractivity contribution in [2.24, 2.45) is 0 Å². The van der Waals surface area contributed by atoms with Gasteiger partial charge < -0.3 is 9.55 Å². The van der Waals surface area contributed by atoms with Gasteiger partial charge >= 0.3 is 0 Å². The number of hydrogen-bond donors (Lipinski definition) is 0. The highest BCUT2D eigenvalue weighted by atomic mass is 16.5. The van der Waals surface area contributed by atoms with Crippen molar-refractivity contribution in [3.05, 3.63) is 12.2 Å². The maximum atomic E-state index is 5.52. The molecule has 1 fully saturated rings. The van der Waals surface area contributed by atoms with E-state index in [1.54, 1.807) is 4.81 Å². The molecule has 2 nitrogen and oxygen atoms in total. The second-order valence-corrected chi connectivity index (χ2v) is 2.27. The molecular weight excluding hydrogens is 113 g/mol. The Morgan fingerprint density at radius 1 is 1.67 bits per heavy atom. The van der Waals surface area contributed by atoms with E-state index in [0.29, 0.717) is 6.61 Å². The first-order valence-electron chi connectivity index (χ1n) is 3.03. The van der Waals surface area contributed by atoms with Crippen LogP contribution in [0.2, 0.25) is 0 Å². The summed E-state index contributed by atoms with van der Waals surface area (Å²) >= 11 is 0. The fourth-order valence-electron chi connectivity index (χ4n) is 0.810. The van der Waals surface area contributed by atoms with Crippen LogP contribution in [-0.4, -0.2) is 39.1 Å². The summed E-state index contributed by atoms with van der Waals surface area (Å²) in [6.45, 7) is 6.72. The largest absolute Gasteiger partial charge is 0.376 e. The van der Waals surface area contributed by atoms with Crippen LogP contribution in [0.25, 0.3) is 0 Å². The molecule has 0 aromatic heterocycles. The highest BCUT2D eigenvalue weighted by Gasteiger charge is 2.05. The van der Waals surface area contributed by atoms with Crippen molar-refractivity contribution in [1.82, 2.24) is 4.81 Å². The van der Waals surface area contributed by atoms with Gasteiger partial charge in [0.05, 0.1) is 13.2 Å². The quantitative estimate of drug-likeness (QED) is 0.331. The van der Waals surface area contributed by atoms with E-state index in [-0.39, 0.29) is 0 Å². The van der Waals surface area contributed by atoms with Crippen LogP contribution in [0.1, 0.15) is 0 Å². The molecule has 0 bridgehead atoms. The van der Waals surface area contributed by atoms with Gasteiger partial charge in [-0.3, -0.25) is 0 Å². The van der Waals surface area contributed by atoms with Gasteiger partial charge in [0.1, 0.15) is 0 Å². The molecule has 1 heterocycles. The molecule has 2 radical (unpaired) electrons. The van der Waals surface area contributed by atoms with Crippen LogP contribution in [0.15, 0.2) is 12.2 Å². The van der Waals surface area contributed by atoms with E-state index in [2.05, 4.69) is 6.58 Å². The molecule has 0 N–H and O–H groups in total. The lowest BCUT2D eigenvalue weighted by molar-refractivity contribution is 0.163. The van der Waals surface area contributed by atoms with Gasteiger partial charge in [0.25, 0.3) is 0 Å². The SMILES string of the molecule is [B]N1CCOCC(=C)C1. The van der Waals surface area contributed by atoms with Crippen molar-refractivity contribution in [3.63, 3.8) is 0 Å². The molecule has 0 saturated carbocycles. The monoisotopic (exact) mass is 123 g/mol. The Balaban J connectivity index is 2.37. The van der Waals surface area contributed by atoms with Gasteiger partial charge in [-0.25, -0.2) is 0 Å². The topological polar surface area (TPSA) is 12.5 Å². The molecule has 0 amide bonds. The minimum absolute atomic E-state index is 0.660. The van der Waals surface area contributed by atoms with Gasteiger partial charge in [0, 0.05) is 13.1 Å². The maximum absolute atomic E-state index is 5.52. The van der Waals surface area contributed by atoms with Crippen LogP contribution >= 0.6 is 0 Å². The van der Waals surface area contributed by atoms with Crippen molar-refractivity contribution in [1.29, 1.82) is 0 Å². The van der Waals surface area contributed by atoms with Crippen LogP contribution in [0.4, 0.5) is 0 Å². The molecule has 0 aromatic rings. The summed E-state index contributed by atoms with van der Waals surface area (Å²) in [6.07, 6.45) is 0. The third-order valence-corrected chi connectivity index (χ3v) is 1.26. The zero-order valence-corrected chi connectivity index (χ0v) is 5.47. The van der Waals surface area contributed by atoms with E-state index < -0.39 is 0 Å². The van der Waals surface area contributed by atoms with Crippen LogP contribution in [-0.2, 0) is 4.74 Å². The van der Waals surface area contributed by atoms with Gasteiger partial charge in [-0.15, -0.1) is 0 Å². The smallest absolute Gasteiger partial charge is 0.183 e. The van der Waals surface area contributed by atoms with Crippen molar-refractivity contribution in [2.45, 2.75) is 0 Å². The van der Waals surface area contributed by atoms with Crippen LogP contribution in [0, 0.1) is 0 Å². The van der Waals surface area contributed by atoms with Gasteiger partial charge in [-0.1, -0.05) is 6.58 Å². The van der Waals surface area contributed by atoms with Crippen molar-refractivity contribution in [2.75, 3.05) is 26.3 Å². The molecule has 3 heteroatoms. The Morgan fingerprint density at radius 3 is 3.22 bits per heavy atom. The van der Waals surface area contributed by atoms with Crippen LogP contribution in [0.3, 0.4) is 0 Å². The summed E-state index contributed by atoms with van der Waals surface area (Å²) in [5, 5.41) is 0. The first-order valence-corrected chi connectivity index (χ1v) is 3.03. The number of rotatable bonds is 0. The van der Waals surface area contributed by atoms with E-state index >= 15 is 0 Å². The van der Waals surface area contributed by atoms with Crippen molar-refractivity contribution in [3.8, 4) is 0 Å². The normalized spacial score (nSPS) is 23.8. The summed E-state index contributed by atoms with van der Waals surface area (Å²) in [5.41, 5.74) is 1.05. The molecule has 0 unspecified atom stereocenters. The molecule has 1 rings (SSSR count). The molecular formula is C6H10BNO. The second kappa shape index (κ2) is 3.04. The van der Waals surface area contributed by atoms with Gasteiger partial charge in [0.2, 0.25) is 0 Å². The van der Waals surface area contributed by atoms with Crippen LogP contribution < -0.4 is 0 Å². The minimum atomic E-state index is 0.660. The second-order valence-electron chi connectivity index (χ2n) is 2.27. The Morgan fingerprint density at radius 2 is 2.44 bits per heavy atom. The van der Waals surface area contributed by atoms with Gasteiger partial charge in [-0.2, -0.15) is 0 Å². The predicted molar refractivity (Wildman–Crippen MR) is 37.3 cm³/mol. The van der Waals surface area contributed by atoms with Crippen molar-refractivity contribution >= 4 is 7.98 Å². The third-order valence-electron chi connectivity index (χ3n) is 1.26. The molecule has 48 valence electrons. The minimum Gasteiger partial charge on any atom is -0.376 e. The molecule has 0 atom stereocenters. The zero-order chi connectivity index (χ0) is 6.69. The summed E-state index contributed by atoms with van der Waals surface area (Å²) in [6, 6.07) is 0. The average molecular weight is 123 g/mol. The Labute approximate surface area is 56.9 Å². The number of nitrogens with zero attached hydrogens (tertiary/aromatic N) is 1. The van der Waals surface area contributed by atoms with E-state index in [0.717, 1.165) is 25.3 Å². The fraction of sp³-hybridized carbons (Fsp3) is 0.667. The van der Waals surface area contributed by atoms with E-state index in [9.17, 15) is 0 Å². The third kappa shape index (κ3) is 2.20. The standard InChI is InChI=1S/C6H10BNO/c1-6-4-8(7)2-3-9-5-6/h1-5H2. The molecule has 0 spiro atoms. The first-order chi connectivity index (χ1) is 4.29. The molecule has 1 aliphatic heterocycles. The highest BCUT2D eigenvalue weighted by molar-refractivity contribution is 6.04. The van der Waals surface area contributed by atoms with Gasteiger partial charge in [0.15, 0.2) is 7.98 Å². The van der Waals surface area contributed by atoms with E-state index in [1.165, 1.54) is 0 Å². The maximum Gasteiger partial charge on any atom is 0.183 e. The van der Waals surface area contributed by atoms with Gasteiger partial charge in [-0.05, 0) is 5.57 Å². The Bertz CT molecular complexity index is 116. The Kier molecular flexibility index (Phi) is 2.31. The summed E-state index contributed by atoms with van der Waals surface area (Å²) < 4.78 is 5.16. The first kappa shape index (κ1) is 6.84. The molecule has 0 aliphatic carbocycles. The lowest BCUT2D eigenvalue weighted by Gasteiger charge is -2.11.